The molecule has 0 bridgehead atoms. The van der Waals surface area contributed by atoms with Crippen molar-refractivity contribution in [1.29, 1.82) is 0 Å². The Hall–Kier alpha value is -0.610. The van der Waals surface area contributed by atoms with E-state index >= 15 is 0 Å². The molecule has 0 saturated heterocycles. The first kappa shape index (κ1) is 11.4. The number of nitrogens with one attached hydrogen (secondary N) is 1. The second-order valence-corrected chi connectivity index (χ2v) is 2.61. The first-order chi connectivity index (χ1) is 5.66. The lowest BCUT2D eigenvalue weighted by molar-refractivity contribution is -0.143. The fourth-order valence-corrected chi connectivity index (χ4v) is 0.735. The third-order valence-electron chi connectivity index (χ3n) is 1.25. The van der Waals surface area contributed by atoms with Crippen molar-refractivity contribution < 1.29 is 14.6 Å². The van der Waals surface area contributed by atoms with E-state index in [1.54, 1.807) is 13.8 Å². The maximum atomic E-state index is 10.8. The fraction of sp³-hybridized carbons (Fsp3) is 0.875. The minimum absolute atomic E-state index is 0.199. The van der Waals surface area contributed by atoms with Crippen molar-refractivity contribution in [2.75, 3.05) is 19.7 Å². The number of ether oxygens (including phenoxy) is 1. The van der Waals surface area contributed by atoms with E-state index < -0.39 is 0 Å². The molecule has 0 spiro atoms. The van der Waals surface area contributed by atoms with Gasteiger partial charge in [0.1, 0.15) is 0 Å². The standard InChI is InChI=1S/C8H17NO3/c1-3-12-8(11)4-5-9-6-7(2)10/h7,9-10H,3-6H2,1-2H3/t7-/m1/s1. The van der Waals surface area contributed by atoms with E-state index in [0.717, 1.165) is 0 Å². The van der Waals surface area contributed by atoms with Gasteiger partial charge in [0.25, 0.3) is 0 Å². The summed E-state index contributed by atoms with van der Waals surface area (Å²) in [5.74, 6) is -0.199. The predicted octanol–water partition coefficient (Wildman–Crippen LogP) is -0.0900. The summed E-state index contributed by atoms with van der Waals surface area (Å²) in [6.45, 7) is 4.97. The molecule has 0 aromatic rings. The Morgan fingerprint density at radius 2 is 2.33 bits per heavy atom. The summed E-state index contributed by atoms with van der Waals surface area (Å²) in [6, 6.07) is 0. The van der Waals surface area contributed by atoms with Gasteiger partial charge in [-0.1, -0.05) is 0 Å². The van der Waals surface area contributed by atoms with Crippen molar-refractivity contribution in [1.82, 2.24) is 5.32 Å². The molecule has 0 aliphatic carbocycles. The lowest BCUT2D eigenvalue weighted by Crippen LogP contribution is -2.26. The summed E-state index contributed by atoms with van der Waals surface area (Å²) in [5.41, 5.74) is 0. The molecule has 0 rings (SSSR count). The molecule has 0 aliphatic heterocycles. The highest BCUT2D eigenvalue weighted by Crippen LogP contribution is 1.84. The number of carbonyl (C=O) groups is 1. The van der Waals surface area contributed by atoms with Crippen LogP contribution in [0.15, 0.2) is 0 Å². The average Bonchev–Trinajstić information content (AvgIpc) is 1.98. The minimum Gasteiger partial charge on any atom is -0.466 e. The number of aliphatic hydroxyl groups excluding tert-OH is 1. The molecule has 4 nitrogen and oxygen atoms in total. The quantitative estimate of drug-likeness (QED) is 0.437. The van der Waals surface area contributed by atoms with Gasteiger partial charge in [0.2, 0.25) is 0 Å². The van der Waals surface area contributed by atoms with Crippen LogP contribution in [0.4, 0.5) is 0 Å². The summed E-state index contributed by atoms with van der Waals surface area (Å²) >= 11 is 0. The molecule has 2 N–H and O–H groups in total. The summed E-state index contributed by atoms with van der Waals surface area (Å²) in [6.07, 6.45) is -0.00667. The molecular weight excluding hydrogens is 158 g/mol. The Morgan fingerprint density at radius 3 is 2.83 bits per heavy atom. The Kier molecular flexibility index (Phi) is 6.70. The van der Waals surface area contributed by atoms with Gasteiger partial charge in [-0.05, 0) is 13.8 Å². The van der Waals surface area contributed by atoms with Crippen molar-refractivity contribution in [3.63, 3.8) is 0 Å². The van der Waals surface area contributed by atoms with Crippen LogP contribution in [-0.2, 0) is 9.53 Å². The van der Waals surface area contributed by atoms with E-state index in [2.05, 4.69) is 5.32 Å². The van der Waals surface area contributed by atoms with Gasteiger partial charge in [0.05, 0.1) is 19.1 Å². The highest BCUT2D eigenvalue weighted by molar-refractivity contribution is 5.69. The highest BCUT2D eigenvalue weighted by Gasteiger charge is 2.00. The van der Waals surface area contributed by atoms with Gasteiger partial charge < -0.3 is 15.2 Å². The summed E-state index contributed by atoms with van der Waals surface area (Å²) in [5, 5.41) is 11.8. The lowest BCUT2D eigenvalue weighted by Gasteiger charge is -2.05. The number of rotatable bonds is 6. The predicted molar refractivity (Wildman–Crippen MR) is 45.8 cm³/mol. The number of aliphatic hydroxyl groups is 1. The van der Waals surface area contributed by atoms with Crippen LogP contribution in [0.1, 0.15) is 20.3 Å². The number of hydrogen-bond acceptors (Lipinski definition) is 4. The first-order valence-electron chi connectivity index (χ1n) is 4.21. The molecule has 1 atom stereocenters. The van der Waals surface area contributed by atoms with Gasteiger partial charge in [-0.2, -0.15) is 0 Å². The van der Waals surface area contributed by atoms with E-state index in [0.29, 0.717) is 26.1 Å². The fourth-order valence-electron chi connectivity index (χ4n) is 0.735. The zero-order valence-electron chi connectivity index (χ0n) is 7.67. The topological polar surface area (TPSA) is 58.6 Å². The van der Waals surface area contributed by atoms with Crippen LogP contribution >= 0.6 is 0 Å². The van der Waals surface area contributed by atoms with E-state index in [9.17, 15) is 4.79 Å². The van der Waals surface area contributed by atoms with Crippen LogP contribution in [0.2, 0.25) is 0 Å². The third kappa shape index (κ3) is 7.50. The average molecular weight is 175 g/mol. The maximum absolute atomic E-state index is 10.8. The Labute approximate surface area is 72.9 Å². The summed E-state index contributed by atoms with van der Waals surface area (Å²) in [7, 11) is 0. The molecule has 0 aromatic heterocycles. The Balaban J connectivity index is 3.14. The zero-order chi connectivity index (χ0) is 9.40. The molecule has 0 saturated carbocycles. The molecule has 12 heavy (non-hydrogen) atoms. The Bertz CT molecular complexity index is 125. The number of hydrogen-bond donors (Lipinski definition) is 2. The second-order valence-electron chi connectivity index (χ2n) is 2.61. The monoisotopic (exact) mass is 175 g/mol. The maximum Gasteiger partial charge on any atom is 0.307 e. The molecule has 0 fully saturated rings. The van der Waals surface area contributed by atoms with Gasteiger partial charge in [-0.15, -0.1) is 0 Å². The molecule has 72 valence electrons. The molecular formula is C8H17NO3. The number of esters is 1. The smallest absolute Gasteiger partial charge is 0.307 e. The lowest BCUT2D eigenvalue weighted by atomic mass is 10.4. The molecule has 4 heteroatoms. The van der Waals surface area contributed by atoms with Crippen LogP contribution in [0.3, 0.4) is 0 Å². The van der Waals surface area contributed by atoms with Crippen LogP contribution in [0, 0.1) is 0 Å². The SMILES string of the molecule is CCOC(=O)CCNC[C@@H](C)O. The zero-order valence-corrected chi connectivity index (χ0v) is 7.67. The van der Waals surface area contributed by atoms with Gasteiger partial charge in [-0.3, -0.25) is 4.79 Å². The van der Waals surface area contributed by atoms with E-state index in [1.165, 1.54) is 0 Å². The summed E-state index contributed by atoms with van der Waals surface area (Å²) in [4.78, 5) is 10.8. The van der Waals surface area contributed by atoms with Gasteiger partial charge >= 0.3 is 5.97 Å². The third-order valence-corrected chi connectivity index (χ3v) is 1.25. The van der Waals surface area contributed by atoms with E-state index in [1.807, 2.05) is 0 Å². The molecule has 0 unspecified atom stereocenters. The van der Waals surface area contributed by atoms with Crippen LogP contribution in [0.5, 0.6) is 0 Å². The van der Waals surface area contributed by atoms with Gasteiger partial charge in [0.15, 0.2) is 0 Å². The van der Waals surface area contributed by atoms with Crippen molar-refractivity contribution in [3.8, 4) is 0 Å². The van der Waals surface area contributed by atoms with Gasteiger partial charge in [-0.25, -0.2) is 0 Å². The largest absolute Gasteiger partial charge is 0.466 e. The highest BCUT2D eigenvalue weighted by atomic mass is 16.5. The van der Waals surface area contributed by atoms with Crippen molar-refractivity contribution in [2.24, 2.45) is 0 Å². The molecule has 0 heterocycles. The van der Waals surface area contributed by atoms with Crippen molar-refractivity contribution in [3.05, 3.63) is 0 Å². The first-order valence-corrected chi connectivity index (χ1v) is 4.21. The van der Waals surface area contributed by atoms with Crippen molar-refractivity contribution >= 4 is 5.97 Å². The molecule has 0 amide bonds. The molecule has 0 radical (unpaired) electrons. The van der Waals surface area contributed by atoms with E-state index in [4.69, 9.17) is 9.84 Å². The van der Waals surface area contributed by atoms with E-state index in [-0.39, 0.29) is 12.1 Å². The normalized spacial score (nSPS) is 12.6. The van der Waals surface area contributed by atoms with Crippen molar-refractivity contribution in [2.45, 2.75) is 26.4 Å². The van der Waals surface area contributed by atoms with Crippen LogP contribution < -0.4 is 5.32 Å². The Morgan fingerprint density at radius 1 is 1.67 bits per heavy atom. The number of carbonyl (C=O) groups excluding carboxylic acids is 1. The molecule has 0 aromatic carbocycles. The van der Waals surface area contributed by atoms with Crippen LogP contribution in [-0.4, -0.2) is 36.9 Å². The minimum atomic E-state index is -0.368. The summed E-state index contributed by atoms with van der Waals surface area (Å²) < 4.78 is 4.71. The van der Waals surface area contributed by atoms with Crippen LogP contribution in [0.25, 0.3) is 0 Å². The second kappa shape index (κ2) is 7.06. The molecule has 0 aliphatic rings. The van der Waals surface area contributed by atoms with Gasteiger partial charge in [0, 0.05) is 13.1 Å².